The molecule has 2 aromatic carbocycles. The van der Waals surface area contributed by atoms with Crippen LogP contribution in [0.1, 0.15) is 5.89 Å². The van der Waals surface area contributed by atoms with E-state index in [0.717, 1.165) is 44.0 Å². The van der Waals surface area contributed by atoms with Crippen molar-refractivity contribution in [3.8, 4) is 28.6 Å². The summed E-state index contributed by atoms with van der Waals surface area (Å²) < 4.78 is 21.9. The minimum Gasteiger partial charge on any atom is -0.493 e. The third-order valence-corrected chi connectivity index (χ3v) is 5.35. The SMILES string of the molecule is COc1ccc(-c2noc(CN3CCN(CCOc4ccccc4)CC3)n2)cc1OC. The molecule has 0 N–H and O–H groups in total. The Balaban J connectivity index is 1.24. The van der Waals surface area contributed by atoms with Gasteiger partial charge in [-0.25, -0.2) is 0 Å². The fraction of sp³-hybridized carbons (Fsp3) is 0.391. The molecule has 1 aromatic heterocycles. The molecule has 8 nitrogen and oxygen atoms in total. The van der Waals surface area contributed by atoms with E-state index >= 15 is 0 Å². The molecule has 0 radical (unpaired) electrons. The molecule has 0 unspecified atom stereocenters. The van der Waals surface area contributed by atoms with Gasteiger partial charge in [0, 0.05) is 38.3 Å². The van der Waals surface area contributed by atoms with Crippen molar-refractivity contribution in [2.45, 2.75) is 6.54 Å². The van der Waals surface area contributed by atoms with E-state index in [4.69, 9.17) is 18.7 Å². The van der Waals surface area contributed by atoms with Crippen LogP contribution in [0.5, 0.6) is 17.2 Å². The zero-order valence-electron chi connectivity index (χ0n) is 18.0. The van der Waals surface area contributed by atoms with E-state index in [0.29, 0.717) is 36.4 Å². The van der Waals surface area contributed by atoms with E-state index < -0.39 is 0 Å². The second kappa shape index (κ2) is 10.3. The maximum atomic E-state index is 5.80. The molecule has 1 aliphatic heterocycles. The predicted molar refractivity (Wildman–Crippen MR) is 116 cm³/mol. The van der Waals surface area contributed by atoms with Crippen LogP contribution in [-0.4, -0.2) is 73.5 Å². The first kappa shape index (κ1) is 21.1. The van der Waals surface area contributed by atoms with Crippen molar-refractivity contribution in [3.05, 3.63) is 54.4 Å². The summed E-state index contributed by atoms with van der Waals surface area (Å²) in [5, 5.41) is 4.13. The second-order valence-corrected chi connectivity index (χ2v) is 7.36. The zero-order valence-corrected chi connectivity index (χ0v) is 18.0. The Hall–Kier alpha value is -3.10. The number of aromatic nitrogens is 2. The molecule has 1 saturated heterocycles. The van der Waals surface area contributed by atoms with Gasteiger partial charge in [0.2, 0.25) is 11.7 Å². The first-order valence-electron chi connectivity index (χ1n) is 10.4. The smallest absolute Gasteiger partial charge is 0.241 e. The summed E-state index contributed by atoms with van der Waals surface area (Å²) in [7, 11) is 3.22. The molecule has 1 fully saturated rings. The van der Waals surface area contributed by atoms with Gasteiger partial charge < -0.3 is 18.7 Å². The molecule has 0 saturated carbocycles. The van der Waals surface area contributed by atoms with Gasteiger partial charge in [-0.05, 0) is 30.3 Å². The molecule has 0 aliphatic carbocycles. The molecule has 8 heteroatoms. The number of nitrogens with zero attached hydrogens (tertiary/aromatic N) is 4. The number of hydrogen-bond donors (Lipinski definition) is 0. The van der Waals surface area contributed by atoms with Crippen molar-refractivity contribution in [1.29, 1.82) is 0 Å². The minimum atomic E-state index is 0.549. The van der Waals surface area contributed by atoms with Crippen LogP contribution in [0, 0.1) is 0 Å². The van der Waals surface area contributed by atoms with E-state index in [-0.39, 0.29) is 0 Å². The highest BCUT2D eigenvalue weighted by Crippen LogP contribution is 2.31. The van der Waals surface area contributed by atoms with Gasteiger partial charge >= 0.3 is 0 Å². The molecule has 31 heavy (non-hydrogen) atoms. The number of methoxy groups -OCH3 is 2. The standard InChI is InChI=1S/C23H28N4O4/c1-28-20-9-8-18(16-21(20)29-2)23-24-22(31-25-23)17-27-12-10-26(11-13-27)14-15-30-19-6-4-3-5-7-19/h3-9,16H,10-15,17H2,1-2H3. The van der Waals surface area contributed by atoms with E-state index in [1.807, 2.05) is 48.5 Å². The lowest BCUT2D eigenvalue weighted by Crippen LogP contribution is -2.47. The molecule has 164 valence electrons. The van der Waals surface area contributed by atoms with Crippen molar-refractivity contribution < 1.29 is 18.7 Å². The van der Waals surface area contributed by atoms with Gasteiger partial charge in [0.1, 0.15) is 12.4 Å². The number of para-hydroxylation sites is 1. The number of piperazine rings is 1. The fourth-order valence-corrected chi connectivity index (χ4v) is 3.58. The molecule has 4 rings (SSSR count). The van der Waals surface area contributed by atoms with Crippen LogP contribution in [0.25, 0.3) is 11.4 Å². The van der Waals surface area contributed by atoms with E-state index in [9.17, 15) is 0 Å². The molecule has 1 aliphatic rings. The molecule has 0 atom stereocenters. The maximum absolute atomic E-state index is 5.80. The number of rotatable bonds is 9. The monoisotopic (exact) mass is 424 g/mol. The van der Waals surface area contributed by atoms with Crippen molar-refractivity contribution in [3.63, 3.8) is 0 Å². The third kappa shape index (κ3) is 5.53. The van der Waals surface area contributed by atoms with E-state index in [1.165, 1.54) is 0 Å². The van der Waals surface area contributed by atoms with Crippen LogP contribution < -0.4 is 14.2 Å². The Morgan fingerprint density at radius 2 is 1.65 bits per heavy atom. The topological polar surface area (TPSA) is 73.1 Å². The number of ether oxygens (including phenoxy) is 3. The highest BCUT2D eigenvalue weighted by molar-refractivity contribution is 5.60. The molecule has 0 amide bonds. The Morgan fingerprint density at radius 3 is 2.39 bits per heavy atom. The lowest BCUT2D eigenvalue weighted by Gasteiger charge is -2.33. The summed E-state index contributed by atoms with van der Waals surface area (Å²) in [5.74, 6) is 3.39. The predicted octanol–water partition coefficient (Wildman–Crippen LogP) is 2.95. The lowest BCUT2D eigenvalue weighted by atomic mass is 10.2. The zero-order chi connectivity index (χ0) is 21.5. The van der Waals surface area contributed by atoms with Gasteiger partial charge in [-0.3, -0.25) is 9.80 Å². The molecule has 0 bridgehead atoms. The lowest BCUT2D eigenvalue weighted by molar-refractivity contribution is 0.104. The minimum absolute atomic E-state index is 0.549. The molecule has 3 aromatic rings. The first-order valence-corrected chi connectivity index (χ1v) is 10.4. The average Bonchev–Trinajstić information content (AvgIpc) is 3.29. The number of hydrogen-bond acceptors (Lipinski definition) is 8. The van der Waals surface area contributed by atoms with Gasteiger partial charge in [-0.2, -0.15) is 4.98 Å². The van der Waals surface area contributed by atoms with Gasteiger partial charge in [-0.1, -0.05) is 23.4 Å². The Labute approximate surface area is 182 Å². The van der Waals surface area contributed by atoms with Crippen LogP contribution in [-0.2, 0) is 6.54 Å². The highest BCUT2D eigenvalue weighted by atomic mass is 16.5. The summed E-state index contributed by atoms with van der Waals surface area (Å²) in [6.45, 7) is 6.17. The summed E-state index contributed by atoms with van der Waals surface area (Å²) >= 11 is 0. The van der Waals surface area contributed by atoms with Gasteiger partial charge in [0.15, 0.2) is 11.5 Å². The van der Waals surface area contributed by atoms with Crippen molar-refractivity contribution in [2.75, 3.05) is 53.6 Å². The molecular weight excluding hydrogens is 396 g/mol. The highest BCUT2D eigenvalue weighted by Gasteiger charge is 2.20. The van der Waals surface area contributed by atoms with Crippen LogP contribution in [0.2, 0.25) is 0 Å². The molecule has 0 spiro atoms. The molecular formula is C23H28N4O4. The Bertz CT molecular complexity index is 955. The van der Waals surface area contributed by atoms with Gasteiger partial charge in [-0.15, -0.1) is 0 Å². The molecule has 2 heterocycles. The first-order chi connectivity index (χ1) is 15.2. The Kier molecular flexibility index (Phi) is 7.01. The van der Waals surface area contributed by atoms with Crippen LogP contribution in [0.3, 0.4) is 0 Å². The summed E-state index contributed by atoms with van der Waals surface area (Å²) in [6, 6.07) is 15.5. The normalized spacial score (nSPS) is 15.0. The summed E-state index contributed by atoms with van der Waals surface area (Å²) in [5.41, 5.74) is 0.830. The van der Waals surface area contributed by atoms with Crippen LogP contribution in [0.15, 0.2) is 53.1 Å². The van der Waals surface area contributed by atoms with E-state index in [1.54, 1.807) is 14.2 Å². The van der Waals surface area contributed by atoms with Crippen LogP contribution >= 0.6 is 0 Å². The number of benzene rings is 2. The largest absolute Gasteiger partial charge is 0.493 e. The van der Waals surface area contributed by atoms with Crippen molar-refractivity contribution >= 4 is 0 Å². The average molecular weight is 425 g/mol. The van der Waals surface area contributed by atoms with Gasteiger partial charge in [0.05, 0.1) is 20.8 Å². The summed E-state index contributed by atoms with van der Waals surface area (Å²) in [6.07, 6.45) is 0. The van der Waals surface area contributed by atoms with Crippen molar-refractivity contribution in [1.82, 2.24) is 19.9 Å². The van der Waals surface area contributed by atoms with E-state index in [2.05, 4.69) is 19.9 Å². The van der Waals surface area contributed by atoms with Crippen molar-refractivity contribution in [2.24, 2.45) is 0 Å². The third-order valence-electron chi connectivity index (χ3n) is 5.35. The second-order valence-electron chi connectivity index (χ2n) is 7.36. The maximum Gasteiger partial charge on any atom is 0.241 e. The fourth-order valence-electron chi connectivity index (χ4n) is 3.58. The quantitative estimate of drug-likeness (QED) is 0.519. The Morgan fingerprint density at radius 1 is 0.903 bits per heavy atom. The van der Waals surface area contributed by atoms with Gasteiger partial charge in [0.25, 0.3) is 0 Å². The summed E-state index contributed by atoms with van der Waals surface area (Å²) in [4.78, 5) is 9.31. The van der Waals surface area contributed by atoms with Crippen LogP contribution in [0.4, 0.5) is 0 Å².